The number of carbonyl (C=O) groups is 1. The van der Waals surface area contributed by atoms with Crippen molar-refractivity contribution in [2.45, 2.75) is 52.2 Å². The number of hydrogen-bond donors (Lipinski definition) is 2. The third-order valence-electron chi connectivity index (χ3n) is 4.21. The summed E-state index contributed by atoms with van der Waals surface area (Å²) in [6, 6.07) is 3.85. The molecule has 0 radical (unpaired) electrons. The Bertz CT molecular complexity index is 668. The number of aromatic nitrogens is 4. The lowest BCUT2D eigenvalue weighted by molar-refractivity contribution is -0.128. The standard InChI is InChI=1S/C16H21N5O2/c1-4-5-12(15-18-20-21-19-15)17-16(22)14-8-11-6-9(2)10(3)7-13(11)23-14/h6-7,12,14H,4-5,8H2,1-3H3,(H,17,22)(H,18,19,20,21)/t12-,14-/m0/s1. The van der Waals surface area contributed by atoms with Gasteiger partial charge in [-0.3, -0.25) is 4.79 Å². The highest BCUT2D eigenvalue weighted by atomic mass is 16.5. The zero-order valence-corrected chi connectivity index (χ0v) is 13.6. The number of nitrogens with zero attached hydrogens (tertiary/aromatic N) is 3. The van der Waals surface area contributed by atoms with E-state index < -0.39 is 6.10 Å². The molecule has 0 fully saturated rings. The van der Waals surface area contributed by atoms with Gasteiger partial charge in [-0.2, -0.15) is 5.21 Å². The molecule has 2 heterocycles. The fourth-order valence-electron chi connectivity index (χ4n) is 2.80. The highest BCUT2D eigenvalue weighted by Gasteiger charge is 2.31. The quantitative estimate of drug-likeness (QED) is 0.877. The molecule has 2 atom stereocenters. The van der Waals surface area contributed by atoms with E-state index >= 15 is 0 Å². The van der Waals surface area contributed by atoms with E-state index in [9.17, 15) is 4.79 Å². The second-order valence-electron chi connectivity index (χ2n) is 5.97. The summed E-state index contributed by atoms with van der Waals surface area (Å²) in [6.07, 6.45) is 1.75. The summed E-state index contributed by atoms with van der Waals surface area (Å²) in [4.78, 5) is 12.5. The van der Waals surface area contributed by atoms with Gasteiger partial charge in [0, 0.05) is 6.42 Å². The van der Waals surface area contributed by atoms with Crippen LogP contribution in [0.1, 0.15) is 48.3 Å². The van der Waals surface area contributed by atoms with Crippen molar-refractivity contribution in [3.05, 3.63) is 34.6 Å². The molecule has 0 saturated carbocycles. The van der Waals surface area contributed by atoms with Crippen LogP contribution in [0.5, 0.6) is 5.75 Å². The van der Waals surface area contributed by atoms with E-state index in [-0.39, 0.29) is 11.9 Å². The molecule has 0 bridgehead atoms. The molecule has 1 amide bonds. The minimum Gasteiger partial charge on any atom is -0.480 e. The summed E-state index contributed by atoms with van der Waals surface area (Å²) < 4.78 is 5.82. The SMILES string of the molecule is CCC[C@H](NC(=O)[C@@H]1Cc2cc(C)c(C)cc2O1)c1nn[nH]n1. The first-order valence-corrected chi connectivity index (χ1v) is 7.89. The number of rotatable bonds is 5. The van der Waals surface area contributed by atoms with Crippen LogP contribution in [0.3, 0.4) is 0 Å². The topological polar surface area (TPSA) is 92.8 Å². The summed E-state index contributed by atoms with van der Waals surface area (Å²) in [6.45, 7) is 6.16. The minimum atomic E-state index is -0.502. The van der Waals surface area contributed by atoms with E-state index in [1.165, 1.54) is 11.1 Å². The van der Waals surface area contributed by atoms with Gasteiger partial charge in [0.1, 0.15) is 5.75 Å². The Morgan fingerprint density at radius 1 is 1.43 bits per heavy atom. The van der Waals surface area contributed by atoms with Gasteiger partial charge >= 0.3 is 0 Å². The summed E-state index contributed by atoms with van der Waals surface area (Å²) in [5.74, 6) is 1.17. The van der Waals surface area contributed by atoms with Crippen LogP contribution in [0.25, 0.3) is 0 Å². The first-order chi connectivity index (χ1) is 11.1. The maximum Gasteiger partial charge on any atom is 0.262 e. The molecular weight excluding hydrogens is 294 g/mol. The van der Waals surface area contributed by atoms with Crippen LogP contribution in [0.2, 0.25) is 0 Å². The fraction of sp³-hybridized carbons (Fsp3) is 0.500. The van der Waals surface area contributed by atoms with Crippen molar-refractivity contribution in [1.82, 2.24) is 25.9 Å². The van der Waals surface area contributed by atoms with E-state index in [0.717, 1.165) is 24.2 Å². The lowest BCUT2D eigenvalue weighted by Crippen LogP contribution is -2.40. The molecule has 1 aliphatic rings. The number of benzene rings is 1. The average Bonchev–Trinajstić information content (AvgIpc) is 3.16. The molecule has 0 aliphatic carbocycles. The molecule has 3 rings (SSSR count). The maximum absolute atomic E-state index is 12.5. The predicted molar refractivity (Wildman–Crippen MR) is 84.0 cm³/mol. The molecule has 1 aliphatic heterocycles. The number of carbonyl (C=O) groups excluding carboxylic acids is 1. The van der Waals surface area contributed by atoms with Crippen LogP contribution in [0.4, 0.5) is 0 Å². The minimum absolute atomic E-state index is 0.139. The molecule has 23 heavy (non-hydrogen) atoms. The van der Waals surface area contributed by atoms with Crippen molar-refractivity contribution in [2.75, 3.05) is 0 Å². The molecule has 1 aromatic carbocycles. The van der Waals surface area contributed by atoms with E-state index in [1.54, 1.807) is 0 Å². The highest BCUT2D eigenvalue weighted by molar-refractivity contribution is 5.83. The number of H-pyrrole nitrogens is 1. The van der Waals surface area contributed by atoms with Gasteiger partial charge in [0.05, 0.1) is 6.04 Å². The molecule has 7 heteroatoms. The first kappa shape index (κ1) is 15.5. The van der Waals surface area contributed by atoms with E-state index in [0.29, 0.717) is 12.2 Å². The molecule has 0 spiro atoms. The molecule has 1 aromatic heterocycles. The predicted octanol–water partition coefficient (Wildman–Crippen LogP) is 1.78. The van der Waals surface area contributed by atoms with Crippen LogP contribution in [0, 0.1) is 13.8 Å². The summed E-state index contributed by atoms with van der Waals surface area (Å²) >= 11 is 0. The molecule has 0 unspecified atom stereocenters. The monoisotopic (exact) mass is 315 g/mol. The molecule has 7 nitrogen and oxygen atoms in total. The molecule has 0 saturated heterocycles. The van der Waals surface area contributed by atoms with Crippen molar-refractivity contribution in [2.24, 2.45) is 0 Å². The van der Waals surface area contributed by atoms with Crippen molar-refractivity contribution >= 4 is 5.91 Å². The van der Waals surface area contributed by atoms with E-state index in [4.69, 9.17) is 4.74 Å². The lowest BCUT2D eigenvalue weighted by atomic mass is 10.0. The molecule has 122 valence electrons. The zero-order chi connectivity index (χ0) is 16.4. The van der Waals surface area contributed by atoms with Crippen LogP contribution in [-0.4, -0.2) is 32.6 Å². The van der Waals surface area contributed by atoms with Gasteiger partial charge in [-0.25, -0.2) is 0 Å². The number of ether oxygens (including phenoxy) is 1. The van der Waals surface area contributed by atoms with E-state index in [2.05, 4.69) is 38.9 Å². The van der Waals surface area contributed by atoms with Gasteiger partial charge in [0.2, 0.25) is 0 Å². The van der Waals surface area contributed by atoms with Crippen LogP contribution in [-0.2, 0) is 11.2 Å². The Morgan fingerprint density at radius 3 is 2.91 bits per heavy atom. The molecule has 2 N–H and O–H groups in total. The number of nitrogens with one attached hydrogen (secondary N) is 2. The summed E-state index contributed by atoms with van der Waals surface area (Å²) in [5.41, 5.74) is 3.46. The number of aryl methyl sites for hydroxylation is 2. The van der Waals surface area contributed by atoms with Gasteiger partial charge in [-0.1, -0.05) is 24.6 Å². The highest BCUT2D eigenvalue weighted by Crippen LogP contribution is 2.31. The van der Waals surface area contributed by atoms with Crippen molar-refractivity contribution in [1.29, 1.82) is 0 Å². The second-order valence-corrected chi connectivity index (χ2v) is 5.97. The number of amides is 1. The normalized spacial score (nSPS) is 17.4. The third-order valence-corrected chi connectivity index (χ3v) is 4.21. The van der Waals surface area contributed by atoms with Gasteiger partial charge in [0.15, 0.2) is 11.9 Å². The van der Waals surface area contributed by atoms with Crippen LogP contribution >= 0.6 is 0 Å². The number of fused-ring (bicyclic) bond motifs is 1. The van der Waals surface area contributed by atoms with Gasteiger partial charge in [-0.15, -0.1) is 10.2 Å². The fourth-order valence-corrected chi connectivity index (χ4v) is 2.80. The number of aromatic amines is 1. The Kier molecular flexibility index (Phi) is 4.27. The number of tetrazole rings is 1. The first-order valence-electron chi connectivity index (χ1n) is 7.89. The van der Waals surface area contributed by atoms with Gasteiger partial charge in [-0.05, 0) is 43.0 Å². The Balaban J connectivity index is 1.69. The Hall–Kier alpha value is -2.44. The van der Waals surface area contributed by atoms with E-state index in [1.807, 2.05) is 19.9 Å². The van der Waals surface area contributed by atoms with Gasteiger partial charge in [0.25, 0.3) is 5.91 Å². The second kappa shape index (κ2) is 6.36. The summed E-state index contributed by atoms with van der Waals surface area (Å²) in [5, 5.41) is 16.9. The van der Waals surface area contributed by atoms with Gasteiger partial charge < -0.3 is 10.1 Å². The molecule has 2 aromatic rings. The third kappa shape index (κ3) is 3.18. The van der Waals surface area contributed by atoms with Crippen molar-refractivity contribution in [3.8, 4) is 5.75 Å². The summed E-state index contributed by atoms with van der Waals surface area (Å²) in [7, 11) is 0. The van der Waals surface area contributed by atoms with Crippen LogP contribution < -0.4 is 10.1 Å². The largest absolute Gasteiger partial charge is 0.480 e. The average molecular weight is 315 g/mol. The molecular formula is C16H21N5O2. The smallest absolute Gasteiger partial charge is 0.262 e. The van der Waals surface area contributed by atoms with Crippen LogP contribution in [0.15, 0.2) is 12.1 Å². The Labute approximate surface area is 134 Å². The lowest BCUT2D eigenvalue weighted by Gasteiger charge is -2.17. The van der Waals surface area contributed by atoms with Crippen molar-refractivity contribution in [3.63, 3.8) is 0 Å². The maximum atomic E-state index is 12.5. The number of hydrogen-bond acceptors (Lipinski definition) is 5. The van der Waals surface area contributed by atoms with Crippen molar-refractivity contribution < 1.29 is 9.53 Å². The zero-order valence-electron chi connectivity index (χ0n) is 13.6. The Morgan fingerprint density at radius 2 is 2.22 bits per heavy atom.